The van der Waals surface area contributed by atoms with Crippen LogP contribution in [0.2, 0.25) is 5.02 Å². The standard InChI is InChI=1S/C15H11ClFN5O3S/c16-10-6-9(3-4-11(10)17)18-13(23)8-25-14(24)7-22-20-15(19-21-22)12-2-1-5-26-12/h1-6H,7-8H2,(H,18,23). The van der Waals surface area contributed by atoms with Crippen molar-refractivity contribution < 1.29 is 18.7 Å². The molecule has 0 unspecified atom stereocenters. The van der Waals surface area contributed by atoms with Crippen molar-refractivity contribution in [1.29, 1.82) is 0 Å². The van der Waals surface area contributed by atoms with Crippen LogP contribution < -0.4 is 5.32 Å². The highest BCUT2D eigenvalue weighted by Crippen LogP contribution is 2.20. The van der Waals surface area contributed by atoms with Gasteiger partial charge in [0.1, 0.15) is 5.82 Å². The molecule has 1 aromatic carbocycles. The third kappa shape index (κ3) is 4.61. The Morgan fingerprint density at radius 3 is 2.92 bits per heavy atom. The summed E-state index contributed by atoms with van der Waals surface area (Å²) in [5.41, 5.74) is 0.288. The van der Waals surface area contributed by atoms with Crippen molar-refractivity contribution in [3.05, 3.63) is 46.6 Å². The molecule has 26 heavy (non-hydrogen) atoms. The van der Waals surface area contributed by atoms with Gasteiger partial charge in [-0.1, -0.05) is 17.7 Å². The minimum absolute atomic E-state index is 0.126. The quantitative estimate of drug-likeness (QED) is 0.643. The number of ether oxygens (including phenoxy) is 1. The summed E-state index contributed by atoms with van der Waals surface area (Å²) in [4.78, 5) is 25.4. The molecule has 0 fully saturated rings. The Morgan fingerprint density at radius 1 is 1.35 bits per heavy atom. The first-order valence-corrected chi connectivity index (χ1v) is 8.49. The predicted octanol–water partition coefficient (Wildman–Crippen LogP) is 2.38. The van der Waals surface area contributed by atoms with Crippen LogP contribution in [0.4, 0.5) is 10.1 Å². The molecule has 11 heteroatoms. The number of esters is 1. The average molecular weight is 396 g/mol. The molecule has 0 saturated carbocycles. The molecule has 0 radical (unpaired) electrons. The second kappa shape index (κ2) is 8.02. The van der Waals surface area contributed by atoms with Gasteiger partial charge in [0.2, 0.25) is 5.82 Å². The number of aromatic nitrogens is 4. The van der Waals surface area contributed by atoms with E-state index in [1.165, 1.54) is 23.5 Å². The van der Waals surface area contributed by atoms with Crippen LogP contribution in [0.25, 0.3) is 10.7 Å². The molecule has 2 aromatic heterocycles. The largest absolute Gasteiger partial charge is 0.454 e. The van der Waals surface area contributed by atoms with E-state index >= 15 is 0 Å². The molecule has 3 rings (SSSR count). The van der Waals surface area contributed by atoms with Crippen LogP contribution >= 0.6 is 22.9 Å². The third-order valence-electron chi connectivity index (χ3n) is 3.03. The number of hydrogen-bond donors (Lipinski definition) is 1. The molecule has 2 heterocycles. The molecule has 0 spiro atoms. The second-order valence-corrected chi connectivity index (χ2v) is 6.31. The topological polar surface area (TPSA) is 99.0 Å². The predicted molar refractivity (Wildman–Crippen MR) is 92.1 cm³/mol. The summed E-state index contributed by atoms with van der Waals surface area (Å²) in [6, 6.07) is 7.39. The zero-order valence-corrected chi connectivity index (χ0v) is 14.6. The van der Waals surface area contributed by atoms with Crippen molar-refractivity contribution in [3.8, 4) is 10.7 Å². The first kappa shape index (κ1) is 18.0. The highest BCUT2D eigenvalue weighted by Gasteiger charge is 2.13. The summed E-state index contributed by atoms with van der Waals surface area (Å²) >= 11 is 7.07. The minimum Gasteiger partial charge on any atom is -0.454 e. The average Bonchev–Trinajstić information content (AvgIpc) is 3.28. The van der Waals surface area contributed by atoms with Gasteiger partial charge >= 0.3 is 5.97 Å². The van der Waals surface area contributed by atoms with E-state index in [2.05, 4.69) is 20.7 Å². The molecule has 134 valence electrons. The number of carbonyl (C=O) groups is 2. The van der Waals surface area contributed by atoms with Gasteiger partial charge in [-0.2, -0.15) is 4.80 Å². The zero-order valence-electron chi connectivity index (χ0n) is 13.1. The number of nitrogens with zero attached hydrogens (tertiary/aromatic N) is 4. The van der Waals surface area contributed by atoms with E-state index in [0.29, 0.717) is 5.82 Å². The number of tetrazole rings is 1. The van der Waals surface area contributed by atoms with Gasteiger partial charge in [0.25, 0.3) is 5.91 Å². The van der Waals surface area contributed by atoms with Gasteiger partial charge in [-0.3, -0.25) is 4.79 Å². The van der Waals surface area contributed by atoms with Crippen molar-refractivity contribution in [2.75, 3.05) is 11.9 Å². The van der Waals surface area contributed by atoms with E-state index in [0.717, 1.165) is 15.7 Å². The fourth-order valence-corrected chi connectivity index (χ4v) is 2.72. The highest BCUT2D eigenvalue weighted by molar-refractivity contribution is 7.13. The number of rotatable bonds is 6. The molecule has 8 nitrogen and oxygen atoms in total. The lowest BCUT2D eigenvalue weighted by molar-refractivity contribution is -0.148. The van der Waals surface area contributed by atoms with Crippen molar-refractivity contribution in [3.63, 3.8) is 0 Å². The van der Waals surface area contributed by atoms with Crippen molar-refractivity contribution >= 4 is 40.5 Å². The molecule has 3 aromatic rings. The number of thiophene rings is 1. The molecule has 0 aliphatic heterocycles. The number of carbonyl (C=O) groups excluding carboxylic acids is 2. The fraction of sp³-hybridized carbons (Fsp3) is 0.133. The summed E-state index contributed by atoms with van der Waals surface area (Å²) < 4.78 is 17.9. The van der Waals surface area contributed by atoms with Gasteiger partial charge < -0.3 is 10.1 Å². The van der Waals surface area contributed by atoms with Crippen LogP contribution in [0.5, 0.6) is 0 Å². The van der Waals surface area contributed by atoms with Crippen LogP contribution in [-0.2, 0) is 20.9 Å². The number of nitrogens with one attached hydrogen (secondary N) is 1. The van der Waals surface area contributed by atoms with Crippen LogP contribution in [0.3, 0.4) is 0 Å². The molecule has 0 bridgehead atoms. The number of hydrogen-bond acceptors (Lipinski definition) is 7. The molecule has 0 aliphatic carbocycles. The number of halogens is 2. The van der Waals surface area contributed by atoms with E-state index in [9.17, 15) is 14.0 Å². The molecule has 1 amide bonds. The Morgan fingerprint density at radius 2 is 2.19 bits per heavy atom. The monoisotopic (exact) mass is 395 g/mol. The number of amides is 1. The lowest BCUT2D eigenvalue weighted by atomic mass is 10.3. The van der Waals surface area contributed by atoms with Crippen molar-refractivity contribution in [2.24, 2.45) is 0 Å². The van der Waals surface area contributed by atoms with Gasteiger partial charge in [-0.15, -0.1) is 21.5 Å². The van der Waals surface area contributed by atoms with Crippen LogP contribution in [0.15, 0.2) is 35.7 Å². The van der Waals surface area contributed by atoms with Gasteiger partial charge in [0.05, 0.1) is 9.90 Å². The summed E-state index contributed by atoms with van der Waals surface area (Å²) in [5.74, 6) is -1.49. The lowest BCUT2D eigenvalue weighted by Gasteiger charge is -2.07. The fourth-order valence-electron chi connectivity index (χ4n) is 1.89. The molecule has 0 saturated heterocycles. The van der Waals surface area contributed by atoms with Gasteiger partial charge in [0.15, 0.2) is 13.2 Å². The van der Waals surface area contributed by atoms with Crippen LogP contribution in [-0.4, -0.2) is 38.7 Å². The molecule has 0 atom stereocenters. The number of benzene rings is 1. The Labute approximate surface area is 155 Å². The Hall–Kier alpha value is -2.85. The zero-order chi connectivity index (χ0) is 18.5. The molecular formula is C15H11ClFN5O3S. The first-order valence-electron chi connectivity index (χ1n) is 7.23. The van der Waals surface area contributed by atoms with Gasteiger partial charge in [-0.25, -0.2) is 9.18 Å². The maximum absolute atomic E-state index is 13.1. The normalized spacial score (nSPS) is 10.5. The number of anilines is 1. The molecule has 0 aliphatic rings. The van der Waals surface area contributed by atoms with Crippen molar-refractivity contribution in [2.45, 2.75) is 6.54 Å². The smallest absolute Gasteiger partial charge is 0.330 e. The summed E-state index contributed by atoms with van der Waals surface area (Å²) in [6.45, 7) is -0.797. The highest BCUT2D eigenvalue weighted by atomic mass is 35.5. The van der Waals surface area contributed by atoms with E-state index in [-0.39, 0.29) is 17.3 Å². The maximum atomic E-state index is 13.1. The second-order valence-electron chi connectivity index (χ2n) is 4.96. The maximum Gasteiger partial charge on any atom is 0.330 e. The Kier molecular flexibility index (Phi) is 5.54. The third-order valence-corrected chi connectivity index (χ3v) is 4.19. The van der Waals surface area contributed by atoms with Gasteiger partial charge in [0, 0.05) is 5.69 Å². The molecule has 1 N–H and O–H groups in total. The van der Waals surface area contributed by atoms with Gasteiger partial charge in [-0.05, 0) is 34.9 Å². The Balaban J connectivity index is 1.47. The van der Waals surface area contributed by atoms with Crippen LogP contribution in [0.1, 0.15) is 0 Å². The minimum atomic E-state index is -0.701. The summed E-state index contributed by atoms with van der Waals surface area (Å²) in [7, 11) is 0. The van der Waals surface area contributed by atoms with E-state index in [1.54, 1.807) is 0 Å². The van der Waals surface area contributed by atoms with E-state index in [4.69, 9.17) is 16.3 Å². The summed E-state index contributed by atoms with van der Waals surface area (Å²) in [5, 5.41) is 15.8. The molecular weight excluding hydrogens is 385 g/mol. The van der Waals surface area contributed by atoms with Crippen molar-refractivity contribution in [1.82, 2.24) is 20.2 Å². The Bertz CT molecular complexity index is 931. The van der Waals surface area contributed by atoms with Crippen LogP contribution in [0, 0.1) is 5.82 Å². The summed E-state index contributed by atoms with van der Waals surface area (Å²) in [6.07, 6.45) is 0. The first-order chi connectivity index (χ1) is 12.5. The van der Waals surface area contributed by atoms with E-state index < -0.39 is 24.3 Å². The lowest BCUT2D eigenvalue weighted by Crippen LogP contribution is -2.23. The van der Waals surface area contributed by atoms with E-state index in [1.807, 2.05) is 17.5 Å². The SMILES string of the molecule is O=C(COC(=O)Cn1nnc(-c2cccs2)n1)Nc1ccc(F)c(Cl)c1.